The first-order valence-corrected chi connectivity index (χ1v) is 12.5. The number of benzene rings is 2. The van der Waals surface area contributed by atoms with Gasteiger partial charge in [0, 0.05) is 48.3 Å². The molecule has 2 aromatic heterocycles. The Kier molecular flexibility index (Phi) is 6.53. The molecule has 0 saturated carbocycles. The summed E-state index contributed by atoms with van der Waals surface area (Å²) in [5.41, 5.74) is 3.99. The van der Waals surface area contributed by atoms with Gasteiger partial charge in [0.1, 0.15) is 10.5 Å². The third-order valence-corrected chi connectivity index (χ3v) is 8.65. The van der Waals surface area contributed by atoms with Crippen molar-refractivity contribution in [2.24, 2.45) is 14.1 Å². The molecule has 0 aliphatic carbocycles. The van der Waals surface area contributed by atoms with Crippen LogP contribution in [0.4, 0.5) is 0 Å². The topological polar surface area (TPSA) is 84.5 Å². The quantitative estimate of drug-likeness (QED) is 0.345. The summed E-state index contributed by atoms with van der Waals surface area (Å²) in [6, 6.07) is 15.8. The van der Waals surface area contributed by atoms with Crippen molar-refractivity contribution in [3.8, 4) is 0 Å². The Morgan fingerprint density at radius 1 is 0.750 bits per heavy atom. The molecular formula is C24H24N2O4S2. The highest BCUT2D eigenvalue weighted by molar-refractivity contribution is 8.77. The van der Waals surface area contributed by atoms with Crippen molar-refractivity contribution in [3.63, 3.8) is 0 Å². The maximum absolute atomic E-state index is 12.0. The molecule has 2 unspecified atom stereocenters. The monoisotopic (exact) mass is 468 g/mol. The average Bonchev–Trinajstić information content (AvgIpc) is 3.26. The van der Waals surface area contributed by atoms with Gasteiger partial charge in [0.05, 0.1) is 0 Å². The van der Waals surface area contributed by atoms with Crippen molar-refractivity contribution in [1.29, 1.82) is 0 Å². The molecule has 0 aliphatic rings. The molecule has 6 nitrogen and oxygen atoms in total. The molecular weight excluding hydrogens is 444 g/mol. The molecule has 8 heteroatoms. The zero-order chi connectivity index (χ0) is 22.8. The predicted molar refractivity (Wildman–Crippen MR) is 131 cm³/mol. The van der Waals surface area contributed by atoms with Gasteiger partial charge in [-0.25, -0.2) is 0 Å². The Morgan fingerprint density at radius 3 is 1.50 bits per heavy atom. The lowest BCUT2D eigenvalue weighted by atomic mass is 10.1. The summed E-state index contributed by atoms with van der Waals surface area (Å²) < 4.78 is 3.98. The molecule has 0 bridgehead atoms. The summed E-state index contributed by atoms with van der Waals surface area (Å²) in [4.78, 5) is 23.9. The van der Waals surface area contributed by atoms with Gasteiger partial charge >= 0.3 is 11.9 Å². The van der Waals surface area contributed by atoms with Gasteiger partial charge in [0.25, 0.3) is 0 Å². The van der Waals surface area contributed by atoms with E-state index in [1.165, 1.54) is 0 Å². The molecule has 166 valence electrons. The molecule has 2 heterocycles. The lowest BCUT2D eigenvalue weighted by Crippen LogP contribution is -2.22. The molecule has 0 aliphatic heterocycles. The number of hydrogen-bond acceptors (Lipinski definition) is 4. The van der Waals surface area contributed by atoms with E-state index in [-0.39, 0.29) is 0 Å². The van der Waals surface area contributed by atoms with Crippen LogP contribution in [-0.4, -0.2) is 41.8 Å². The van der Waals surface area contributed by atoms with E-state index in [9.17, 15) is 19.8 Å². The van der Waals surface area contributed by atoms with Gasteiger partial charge in [-0.3, -0.25) is 9.59 Å². The number of fused-ring (bicyclic) bond motifs is 2. The maximum Gasteiger partial charge on any atom is 0.317 e. The van der Waals surface area contributed by atoms with Crippen LogP contribution in [-0.2, 0) is 36.5 Å². The van der Waals surface area contributed by atoms with Crippen LogP contribution in [0.2, 0.25) is 0 Å². The standard InChI is InChI=1S/C24H24N2O4S2/c1-25-13-15(17-7-3-5-9-19(17)25)11-21(23(27)28)31-32-22(24(29)30)12-16-14-26(2)20-10-6-4-8-18(16)20/h3-10,13-14,21-22H,11-12H2,1-2H3,(H,27,28)(H,29,30). The number of carbonyl (C=O) groups is 2. The van der Waals surface area contributed by atoms with Gasteiger partial charge in [-0.2, -0.15) is 0 Å². The summed E-state index contributed by atoms with van der Waals surface area (Å²) in [5, 5.41) is 20.2. The Bertz CT molecular complexity index is 1190. The fraction of sp³-hybridized carbons (Fsp3) is 0.250. The summed E-state index contributed by atoms with van der Waals surface area (Å²) >= 11 is 0. The van der Waals surface area contributed by atoms with E-state index in [1.54, 1.807) is 0 Å². The minimum Gasteiger partial charge on any atom is -0.480 e. The number of carboxylic acids is 2. The van der Waals surface area contributed by atoms with E-state index in [2.05, 4.69) is 0 Å². The number of hydrogen-bond donors (Lipinski definition) is 2. The lowest BCUT2D eigenvalue weighted by molar-refractivity contribution is -0.137. The summed E-state index contributed by atoms with van der Waals surface area (Å²) in [6.07, 6.45) is 4.57. The van der Waals surface area contributed by atoms with Crippen molar-refractivity contribution in [3.05, 3.63) is 72.1 Å². The number of carboxylic acid groups (broad SMARTS) is 2. The minimum absolute atomic E-state index is 0.328. The van der Waals surface area contributed by atoms with Crippen molar-refractivity contribution < 1.29 is 19.8 Å². The molecule has 0 fully saturated rings. The Morgan fingerprint density at radius 2 is 1.12 bits per heavy atom. The van der Waals surface area contributed by atoms with Crippen LogP contribution in [0.1, 0.15) is 11.1 Å². The van der Waals surface area contributed by atoms with Crippen LogP contribution >= 0.6 is 21.6 Å². The molecule has 2 aromatic carbocycles. The zero-order valence-electron chi connectivity index (χ0n) is 17.8. The van der Waals surface area contributed by atoms with Gasteiger partial charge in [-0.15, -0.1) is 0 Å². The number of aliphatic carboxylic acids is 2. The van der Waals surface area contributed by atoms with Gasteiger partial charge in [0.15, 0.2) is 0 Å². The van der Waals surface area contributed by atoms with Crippen LogP contribution in [0.25, 0.3) is 21.8 Å². The van der Waals surface area contributed by atoms with Crippen molar-refractivity contribution in [1.82, 2.24) is 9.13 Å². The fourth-order valence-electron chi connectivity index (χ4n) is 4.04. The number of nitrogens with zero attached hydrogens (tertiary/aromatic N) is 2. The fourth-order valence-corrected chi connectivity index (χ4v) is 6.67. The molecule has 0 amide bonds. The smallest absolute Gasteiger partial charge is 0.317 e. The van der Waals surface area contributed by atoms with E-state index in [0.717, 1.165) is 54.5 Å². The molecule has 0 saturated heterocycles. The third kappa shape index (κ3) is 4.52. The molecule has 4 aromatic rings. The van der Waals surface area contributed by atoms with Crippen molar-refractivity contribution >= 4 is 55.3 Å². The molecule has 2 atom stereocenters. The number of aryl methyl sites for hydroxylation is 2. The Balaban J connectivity index is 1.51. The molecule has 32 heavy (non-hydrogen) atoms. The highest BCUT2D eigenvalue weighted by Crippen LogP contribution is 2.37. The second-order valence-corrected chi connectivity index (χ2v) is 10.5. The van der Waals surface area contributed by atoms with Gasteiger partial charge < -0.3 is 19.3 Å². The second kappa shape index (κ2) is 9.34. The first kappa shape index (κ1) is 22.4. The second-order valence-electron chi connectivity index (χ2n) is 7.82. The normalized spacial score (nSPS) is 13.4. The minimum atomic E-state index is -0.940. The molecule has 2 N–H and O–H groups in total. The maximum atomic E-state index is 12.0. The van der Waals surface area contributed by atoms with E-state index in [1.807, 2.05) is 84.2 Å². The highest BCUT2D eigenvalue weighted by atomic mass is 33.1. The third-order valence-electron chi connectivity index (χ3n) is 5.61. The van der Waals surface area contributed by atoms with Crippen molar-refractivity contribution in [2.75, 3.05) is 0 Å². The predicted octanol–water partition coefficient (Wildman–Crippen LogP) is 4.74. The van der Waals surface area contributed by atoms with E-state index in [4.69, 9.17) is 0 Å². The van der Waals surface area contributed by atoms with Crippen LogP contribution in [0.5, 0.6) is 0 Å². The lowest BCUT2D eigenvalue weighted by Gasteiger charge is -2.15. The van der Waals surface area contributed by atoms with Crippen LogP contribution in [0.3, 0.4) is 0 Å². The van der Waals surface area contributed by atoms with E-state index < -0.39 is 22.4 Å². The summed E-state index contributed by atoms with van der Waals surface area (Å²) in [6.45, 7) is 0. The van der Waals surface area contributed by atoms with Crippen LogP contribution < -0.4 is 0 Å². The number of aromatic nitrogens is 2. The number of rotatable bonds is 9. The molecule has 0 radical (unpaired) electrons. The first-order chi connectivity index (χ1) is 15.3. The highest BCUT2D eigenvalue weighted by Gasteiger charge is 2.27. The van der Waals surface area contributed by atoms with Gasteiger partial charge in [-0.05, 0) is 36.1 Å². The number of para-hydroxylation sites is 2. The summed E-state index contributed by atoms with van der Waals surface area (Å²) in [7, 11) is 6.14. The molecule has 0 spiro atoms. The van der Waals surface area contributed by atoms with Gasteiger partial charge in [-0.1, -0.05) is 58.0 Å². The van der Waals surface area contributed by atoms with Crippen LogP contribution in [0.15, 0.2) is 60.9 Å². The molecule has 4 rings (SSSR count). The summed E-state index contributed by atoms with van der Waals surface area (Å²) in [5.74, 6) is -1.88. The Labute approximate surface area is 193 Å². The zero-order valence-corrected chi connectivity index (χ0v) is 19.4. The van der Waals surface area contributed by atoms with E-state index in [0.29, 0.717) is 12.8 Å². The van der Waals surface area contributed by atoms with E-state index >= 15 is 0 Å². The van der Waals surface area contributed by atoms with Crippen molar-refractivity contribution in [2.45, 2.75) is 23.3 Å². The Hall–Kier alpha value is -2.84. The first-order valence-electron chi connectivity index (χ1n) is 10.2. The SMILES string of the molecule is Cn1cc(CC(SSC(Cc2cn(C)c3ccccc23)C(=O)O)C(=O)O)c2ccccc21. The largest absolute Gasteiger partial charge is 0.480 e. The average molecular weight is 469 g/mol. The van der Waals surface area contributed by atoms with Crippen LogP contribution in [0, 0.1) is 0 Å². The van der Waals surface area contributed by atoms with Gasteiger partial charge in [0.2, 0.25) is 0 Å².